The maximum Gasteiger partial charge on any atom is 0.332 e. The number of carbonyl (C=O) groups is 1. The lowest BCUT2D eigenvalue weighted by molar-refractivity contribution is -0.385. The highest BCUT2D eigenvalue weighted by Gasteiger charge is 2.28. The average Bonchev–Trinajstić information content (AvgIpc) is 2.35. The maximum absolute atomic E-state index is 11.3. The summed E-state index contributed by atoms with van der Waals surface area (Å²) < 4.78 is 0. The molecule has 0 saturated heterocycles. The van der Waals surface area contributed by atoms with Gasteiger partial charge in [0.05, 0.1) is 10.3 Å². The van der Waals surface area contributed by atoms with Crippen molar-refractivity contribution in [1.29, 1.82) is 0 Å². The Morgan fingerprint density at radius 3 is 2.48 bits per heavy atom. The van der Waals surface area contributed by atoms with Crippen LogP contribution < -0.4 is 16.4 Å². The van der Waals surface area contributed by atoms with Gasteiger partial charge < -0.3 is 16.4 Å². The van der Waals surface area contributed by atoms with E-state index in [1.165, 1.54) is 6.92 Å². The monoisotopic (exact) mass is 296 g/mol. The van der Waals surface area contributed by atoms with Gasteiger partial charge in [-0.1, -0.05) is 0 Å². The number of rotatable bonds is 7. The van der Waals surface area contributed by atoms with Crippen LogP contribution in [0.3, 0.4) is 0 Å². The van der Waals surface area contributed by atoms with Gasteiger partial charge in [-0.25, -0.2) is 4.98 Å². The minimum atomic E-state index is -0.856. The van der Waals surface area contributed by atoms with E-state index in [0.29, 0.717) is 12.5 Å². The molecule has 1 rings (SSSR count). The molecule has 1 aromatic heterocycles. The molecular formula is C12H20N6O3. The molecule has 0 aromatic carbocycles. The first-order valence-electron chi connectivity index (χ1n) is 6.49. The van der Waals surface area contributed by atoms with Gasteiger partial charge in [0.25, 0.3) is 0 Å². The van der Waals surface area contributed by atoms with Crippen LogP contribution in [0, 0.1) is 22.5 Å². The molecule has 0 unspecified atom stereocenters. The van der Waals surface area contributed by atoms with E-state index in [0.717, 1.165) is 0 Å². The Balaban J connectivity index is 3.13. The van der Waals surface area contributed by atoms with Crippen molar-refractivity contribution >= 4 is 23.4 Å². The number of nitro groups is 1. The van der Waals surface area contributed by atoms with Crippen molar-refractivity contribution in [3.8, 4) is 0 Å². The van der Waals surface area contributed by atoms with Gasteiger partial charge in [0, 0.05) is 13.1 Å². The predicted octanol–water partition coefficient (Wildman–Crippen LogP) is 1.05. The van der Waals surface area contributed by atoms with Crippen molar-refractivity contribution in [1.82, 2.24) is 9.97 Å². The number of nitrogens with zero attached hydrogens (tertiary/aromatic N) is 3. The van der Waals surface area contributed by atoms with E-state index in [1.807, 2.05) is 6.92 Å². The molecule has 1 amide bonds. The van der Waals surface area contributed by atoms with Gasteiger partial charge >= 0.3 is 5.69 Å². The molecule has 0 fully saturated rings. The zero-order valence-electron chi connectivity index (χ0n) is 12.6. The Bertz CT molecular complexity index is 558. The van der Waals surface area contributed by atoms with Crippen LogP contribution in [0.4, 0.5) is 17.5 Å². The summed E-state index contributed by atoms with van der Waals surface area (Å²) in [6, 6.07) is 0. The highest BCUT2D eigenvalue weighted by molar-refractivity contribution is 5.80. The van der Waals surface area contributed by atoms with Crippen molar-refractivity contribution in [3.05, 3.63) is 15.8 Å². The number of carbonyl (C=O) groups excluding carboxylic acids is 1. The van der Waals surface area contributed by atoms with Gasteiger partial charge in [-0.3, -0.25) is 14.9 Å². The summed E-state index contributed by atoms with van der Waals surface area (Å²) in [5.41, 5.74) is 4.46. The van der Waals surface area contributed by atoms with Crippen molar-refractivity contribution in [2.45, 2.75) is 27.7 Å². The van der Waals surface area contributed by atoms with Crippen molar-refractivity contribution < 1.29 is 9.72 Å². The third-order valence-corrected chi connectivity index (χ3v) is 2.94. The zero-order valence-corrected chi connectivity index (χ0v) is 12.6. The van der Waals surface area contributed by atoms with Crippen LogP contribution in [0.1, 0.15) is 26.5 Å². The molecule has 0 aliphatic heterocycles. The molecule has 4 N–H and O–H groups in total. The molecule has 0 aliphatic rings. The molecule has 21 heavy (non-hydrogen) atoms. The minimum absolute atomic E-state index is 0.0674. The molecule has 0 radical (unpaired) electrons. The SMILES string of the molecule is CCNc1nc(C)c([N+](=O)[O-])c(NCC(C)(C)C(N)=O)n1. The minimum Gasteiger partial charge on any atom is -0.369 e. The molecule has 0 bridgehead atoms. The van der Waals surface area contributed by atoms with E-state index in [-0.39, 0.29) is 23.7 Å². The Labute approximate surface area is 122 Å². The molecule has 116 valence electrons. The summed E-state index contributed by atoms with van der Waals surface area (Å²) in [6.45, 7) is 7.41. The first kappa shape index (κ1) is 16.6. The van der Waals surface area contributed by atoms with Crippen LogP contribution >= 0.6 is 0 Å². The number of hydrogen-bond acceptors (Lipinski definition) is 7. The van der Waals surface area contributed by atoms with Gasteiger partial charge in [0.1, 0.15) is 5.69 Å². The number of primary amides is 1. The first-order chi connectivity index (χ1) is 9.69. The van der Waals surface area contributed by atoms with E-state index >= 15 is 0 Å². The topological polar surface area (TPSA) is 136 Å². The first-order valence-corrected chi connectivity index (χ1v) is 6.49. The summed E-state index contributed by atoms with van der Waals surface area (Å²) in [7, 11) is 0. The van der Waals surface area contributed by atoms with Crippen LogP contribution in [0.2, 0.25) is 0 Å². The number of anilines is 2. The lowest BCUT2D eigenvalue weighted by atomic mass is 9.93. The van der Waals surface area contributed by atoms with Gasteiger partial charge in [-0.05, 0) is 27.7 Å². The van der Waals surface area contributed by atoms with Gasteiger partial charge in [-0.2, -0.15) is 4.98 Å². The molecule has 9 heteroatoms. The fourth-order valence-electron chi connectivity index (χ4n) is 1.54. The largest absolute Gasteiger partial charge is 0.369 e. The fraction of sp³-hybridized carbons (Fsp3) is 0.583. The number of hydrogen-bond donors (Lipinski definition) is 3. The van der Waals surface area contributed by atoms with Crippen LogP contribution in [-0.4, -0.2) is 33.9 Å². The van der Waals surface area contributed by atoms with Gasteiger partial charge in [0.2, 0.25) is 17.7 Å². The van der Waals surface area contributed by atoms with Gasteiger partial charge in [-0.15, -0.1) is 0 Å². The second-order valence-electron chi connectivity index (χ2n) is 5.22. The standard InChI is InChI=1S/C12H20N6O3/c1-5-14-11-16-7(2)8(18(20)21)9(17-11)15-6-12(3,4)10(13)19/h5-6H2,1-4H3,(H2,13,19)(H2,14,15,16,17). The normalized spacial score (nSPS) is 11.0. The van der Waals surface area contributed by atoms with E-state index in [1.54, 1.807) is 13.8 Å². The molecule has 9 nitrogen and oxygen atoms in total. The molecule has 0 atom stereocenters. The van der Waals surface area contributed by atoms with Crippen LogP contribution in [-0.2, 0) is 4.79 Å². The lowest BCUT2D eigenvalue weighted by Crippen LogP contribution is -2.37. The second-order valence-corrected chi connectivity index (χ2v) is 5.22. The Morgan fingerprint density at radius 2 is 2.00 bits per heavy atom. The van der Waals surface area contributed by atoms with Crippen LogP contribution in [0.5, 0.6) is 0 Å². The highest BCUT2D eigenvalue weighted by atomic mass is 16.6. The molecular weight excluding hydrogens is 276 g/mol. The summed E-state index contributed by atoms with van der Waals surface area (Å²) in [6.07, 6.45) is 0. The Morgan fingerprint density at radius 1 is 1.38 bits per heavy atom. The van der Waals surface area contributed by atoms with E-state index in [4.69, 9.17) is 5.73 Å². The summed E-state index contributed by atoms with van der Waals surface area (Å²) in [5, 5.41) is 16.9. The third-order valence-electron chi connectivity index (χ3n) is 2.94. The number of nitrogens with one attached hydrogen (secondary N) is 2. The van der Waals surface area contributed by atoms with Crippen LogP contribution in [0.15, 0.2) is 0 Å². The van der Waals surface area contributed by atoms with E-state index in [9.17, 15) is 14.9 Å². The van der Waals surface area contributed by atoms with Crippen molar-refractivity contribution in [3.63, 3.8) is 0 Å². The molecule has 0 aliphatic carbocycles. The average molecular weight is 296 g/mol. The van der Waals surface area contributed by atoms with Crippen molar-refractivity contribution in [2.24, 2.45) is 11.1 Å². The smallest absolute Gasteiger partial charge is 0.332 e. The van der Waals surface area contributed by atoms with Gasteiger partial charge in [0.15, 0.2) is 0 Å². The fourth-order valence-corrected chi connectivity index (χ4v) is 1.54. The predicted molar refractivity (Wildman–Crippen MR) is 79.1 cm³/mol. The maximum atomic E-state index is 11.3. The number of aryl methyl sites for hydroxylation is 1. The molecule has 0 spiro atoms. The highest BCUT2D eigenvalue weighted by Crippen LogP contribution is 2.27. The lowest BCUT2D eigenvalue weighted by Gasteiger charge is -2.21. The Hall–Kier alpha value is -2.45. The molecule has 1 aromatic rings. The second kappa shape index (κ2) is 6.33. The van der Waals surface area contributed by atoms with Crippen molar-refractivity contribution in [2.75, 3.05) is 23.7 Å². The zero-order chi connectivity index (χ0) is 16.2. The third kappa shape index (κ3) is 4.01. The number of aromatic nitrogens is 2. The summed E-state index contributed by atoms with van der Waals surface area (Å²) >= 11 is 0. The number of nitrogens with two attached hydrogens (primary N) is 1. The Kier molecular flexibility index (Phi) is 5.01. The summed E-state index contributed by atoms with van der Waals surface area (Å²) in [5.74, 6) is -0.145. The van der Waals surface area contributed by atoms with E-state index in [2.05, 4.69) is 20.6 Å². The number of amides is 1. The molecule has 1 heterocycles. The van der Waals surface area contributed by atoms with Crippen LogP contribution in [0.25, 0.3) is 0 Å². The summed E-state index contributed by atoms with van der Waals surface area (Å²) in [4.78, 5) is 30.0. The molecule has 0 saturated carbocycles. The quantitative estimate of drug-likeness (QED) is 0.505. The van der Waals surface area contributed by atoms with E-state index < -0.39 is 16.2 Å².